The van der Waals surface area contributed by atoms with Crippen LogP contribution in [0.15, 0.2) is 30.3 Å². The van der Waals surface area contributed by atoms with Crippen molar-refractivity contribution in [1.29, 1.82) is 0 Å². The summed E-state index contributed by atoms with van der Waals surface area (Å²) in [6, 6.07) is 9.43. The fraction of sp³-hybridized carbons (Fsp3) is 0.579. The zero-order valence-electron chi connectivity index (χ0n) is 18.3. The number of carbonyl (C=O) groups excluding carboxylic acids is 2. The van der Waals surface area contributed by atoms with Gasteiger partial charge < -0.3 is 13.5 Å². The van der Waals surface area contributed by atoms with Gasteiger partial charge in [-0.25, -0.2) is 0 Å². The van der Waals surface area contributed by atoms with Gasteiger partial charge in [0.25, 0.3) is 0 Å². The molecule has 0 saturated carbocycles. The minimum absolute atomic E-state index is 0.106. The Morgan fingerprint density at radius 3 is 2.00 bits per heavy atom. The number of nitrogens with zero attached hydrogens (tertiary/aromatic N) is 1. The standard InChI is InChI=1S/C19H34NO5PSi2/c1-16(21)20(2)15-26(23,25-28(6,7)8)18(19(22)24-27(3,4)5)14-17-12-10-9-11-13-17/h9-13,18H,14-15H2,1-8H3. The lowest BCUT2D eigenvalue weighted by Gasteiger charge is -2.35. The largest absolute Gasteiger partial charge is 0.519 e. The maximum atomic E-state index is 14.1. The first-order valence-corrected chi connectivity index (χ1v) is 18.1. The maximum Gasteiger partial charge on any atom is 0.305 e. The minimum Gasteiger partial charge on any atom is -0.519 e. The molecule has 1 amide bonds. The number of carbonyl (C=O) groups is 2. The van der Waals surface area contributed by atoms with Crippen LogP contribution in [-0.2, 0) is 29.2 Å². The highest BCUT2D eigenvalue weighted by Crippen LogP contribution is 2.56. The van der Waals surface area contributed by atoms with Gasteiger partial charge in [0, 0.05) is 14.0 Å². The zero-order chi connectivity index (χ0) is 21.8. The Morgan fingerprint density at radius 1 is 1.04 bits per heavy atom. The van der Waals surface area contributed by atoms with Gasteiger partial charge in [-0.3, -0.25) is 14.2 Å². The highest BCUT2D eigenvalue weighted by atomic mass is 31.2. The van der Waals surface area contributed by atoms with Crippen molar-refractivity contribution in [1.82, 2.24) is 4.90 Å². The number of amides is 1. The molecule has 0 heterocycles. The van der Waals surface area contributed by atoms with E-state index in [-0.39, 0.29) is 18.6 Å². The molecule has 0 bridgehead atoms. The number of benzene rings is 1. The van der Waals surface area contributed by atoms with Crippen LogP contribution in [0.5, 0.6) is 0 Å². The van der Waals surface area contributed by atoms with E-state index in [1.165, 1.54) is 11.8 Å². The third-order valence-electron chi connectivity index (χ3n) is 3.80. The Labute approximate surface area is 171 Å². The predicted octanol–water partition coefficient (Wildman–Crippen LogP) is 4.54. The smallest absolute Gasteiger partial charge is 0.305 e. The summed E-state index contributed by atoms with van der Waals surface area (Å²) in [5.74, 6) is -0.724. The summed E-state index contributed by atoms with van der Waals surface area (Å²) in [6.07, 6.45) is 0.141. The van der Waals surface area contributed by atoms with E-state index in [0.29, 0.717) is 0 Å². The van der Waals surface area contributed by atoms with Crippen LogP contribution >= 0.6 is 7.37 Å². The fourth-order valence-electron chi connectivity index (χ4n) is 2.64. The predicted molar refractivity (Wildman–Crippen MR) is 119 cm³/mol. The highest BCUT2D eigenvalue weighted by Gasteiger charge is 2.45. The molecule has 2 atom stereocenters. The van der Waals surface area contributed by atoms with Crippen LogP contribution in [0.4, 0.5) is 0 Å². The fourth-order valence-corrected chi connectivity index (χ4v) is 9.78. The Morgan fingerprint density at radius 2 is 1.57 bits per heavy atom. The zero-order valence-corrected chi connectivity index (χ0v) is 21.2. The third-order valence-corrected chi connectivity index (χ3v) is 10.2. The lowest BCUT2D eigenvalue weighted by molar-refractivity contribution is -0.135. The van der Waals surface area contributed by atoms with Gasteiger partial charge >= 0.3 is 5.97 Å². The average Bonchev–Trinajstić information content (AvgIpc) is 2.49. The molecule has 0 aliphatic heterocycles. The molecule has 2 unspecified atom stereocenters. The summed E-state index contributed by atoms with van der Waals surface area (Å²) in [7, 11) is -6.45. The van der Waals surface area contributed by atoms with E-state index in [9.17, 15) is 14.2 Å². The quantitative estimate of drug-likeness (QED) is 0.414. The summed E-state index contributed by atoms with van der Waals surface area (Å²) in [5, 5.41) is 0. The van der Waals surface area contributed by atoms with Crippen molar-refractivity contribution < 1.29 is 22.8 Å². The van der Waals surface area contributed by atoms with Crippen molar-refractivity contribution in [2.45, 2.75) is 58.3 Å². The summed E-state index contributed by atoms with van der Waals surface area (Å²) in [5.41, 5.74) is -0.0694. The summed E-state index contributed by atoms with van der Waals surface area (Å²) >= 11 is 0. The summed E-state index contributed by atoms with van der Waals surface area (Å²) < 4.78 is 26.0. The number of rotatable bonds is 9. The van der Waals surface area contributed by atoms with Crippen molar-refractivity contribution in [2.75, 3.05) is 13.3 Å². The Balaban J connectivity index is 3.40. The first-order chi connectivity index (χ1) is 12.6. The van der Waals surface area contributed by atoms with Crippen LogP contribution in [0.25, 0.3) is 0 Å². The van der Waals surface area contributed by atoms with E-state index >= 15 is 0 Å². The van der Waals surface area contributed by atoms with Gasteiger partial charge in [-0.05, 0) is 51.3 Å². The third kappa shape index (κ3) is 8.43. The summed E-state index contributed by atoms with van der Waals surface area (Å²) in [4.78, 5) is 26.3. The molecule has 1 rings (SSSR count). The summed E-state index contributed by atoms with van der Waals surface area (Å²) in [6.45, 7) is 12.9. The first-order valence-electron chi connectivity index (χ1n) is 9.41. The monoisotopic (exact) mass is 443 g/mol. The van der Waals surface area contributed by atoms with Gasteiger partial charge in [0.15, 0.2) is 8.32 Å². The van der Waals surface area contributed by atoms with Gasteiger partial charge in [0.1, 0.15) is 5.66 Å². The van der Waals surface area contributed by atoms with Crippen molar-refractivity contribution in [3.05, 3.63) is 35.9 Å². The Bertz CT molecular complexity index is 728. The lowest BCUT2D eigenvalue weighted by atomic mass is 10.1. The molecule has 1 aromatic rings. The van der Waals surface area contributed by atoms with E-state index in [2.05, 4.69) is 0 Å². The number of hydrogen-bond donors (Lipinski definition) is 0. The highest BCUT2D eigenvalue weighted by molar-refractivity contribution is 7.62. The Kier molecular flexibility index (Phi) is 8.44. The van der Waals surface area contributed by atoms with Crippen LogP contribution in [0.2, 0.25) is 39.3 Å². The van der Waals surface area contributed by atoms with Crippen LogP contribution in [-0.4, -0.2) is 52.4 Å². The molecule has 0 radical (unpaired) electrons. The van der Waals surface area contributed by atoms with E-state index < -0.39 is 35.6 Å². The topological polar surface area (TPSA) is 72.9 Å². The van der Waals surface area contributed by atoms with Crippen molar-refractivity contribution in [3.8, 4) is 0 Å². The van der Waals surface area contributed by atoms with Crippen LogP contribution in [0.3, 0.4) is 0 Å². The molecule has 0 aliphatic rings. The van der Waals surface area contributed by atoms with Gasteiger partial charge in [-0.1, -0.05) is 30.3 Å². The molecule has 0 N–H and O–H groups in total. The lowest BCUT2D eigenvalue weighted by Crippen LogP contribution is -2.41. The molecule has 0 spiro atoms. The van der Waals surface area contributed by atoms with Gasteiger partial charge in [0.05, 0.1) is 6.29 Å². The van der Waals surface area contributed by atoms with E-state index in [0.717, 1.165) is 5.56 Å². The van der Waals surface area contributed by atoms with Gasteiger partial charge in [-0.15, -0.1) is 0 Å². The van der Waals surface area contributed by atoms with E-state index in [1.54, 1.807) is 7.05 Å². The van der Waals surface area contributed by atoms with Crippen molar-refractivity contribution >= 4 is 35.9 Å². The first kappa shape index (κ1) is 24.8. The second kappa shape index (κ2) is 9.52. The van der Waals surface area contributed by atoms with E-state index in [1.807, 2.05) is 69.6 Å². The molecule has 0 aliphatic carbocycles. The molecular formula is C19H34NO5PSi2. The maximum absolute atomic E-state index is 14.1. The van der Waals surface area contributed by atoms with Crippen LogP contribution in [0.1, 0.15) is 12.5 Å². The molecule has 0 aromatic heterocycles. The molecule has 158 valence electrons. The molecule has 1 aromatic carbocycles. The molecule has 0 saturated heterocycles. The molecule has 6 nitrogen and oxygen atoms in total. The van der Waals surface area contributed by atoms with E-state index in [4.69, 9.17) is 8.64 Å². The average molecular weight is 444 g/mol. The second-order valence-electron chi connectivity index (χ2n) is 9.03. The Hall–Kier alpha value is -1.22. The molecule has 9 heteroatoms. The van der Waals surface area contributed by atoms with Crippen LogP contribution < -0.4 is 0 Å². The van der Waals surface area contributed by atoms with Crippen molar-refractivity contribution in [2.24, 2.45) is 0 Å². The minimum atomic E-state index is -3.55. The molecule has 28 heavy (non-hydrogen) atoms. The number of hydrogen-bond acceptors (Lipinski definition) is 5. The second-order valence-corrected chi connectivity index (χ2v) is 20.8. The molecule has 0 fully saturated rings. The normalized spacial score (nSPS) is 15.4. The van der Waals surface area contributed by atoms with Gasteiger partial charge in [0.2, 0.25) is 21.6 Å². The van der Waals surface area contributed by atoms with Crippen molar-refractivity contribution in [3.63, 3.8) is 0 Å². The van der Waals surface area contributed by atoms with Crippen LogP contribution in [0, 0.1) is 0 Å². The SMILES string of the molecule is CC(=O)N(C)CP(=O)(O[Si](C)(C)C)C(Cc1ccccc1)C(=O)O[Si](C)(C)C. The van der Waals surface area contributed by atoms with Gasteiger partial charge in [-0.2, -0.15) is 0 Å². The molecular weight excluding hydrogens is 409 g/mol.